The lowest BCUT2D eigenvalue weighted by molar-refractivity contribution is -0.115. The summed E-state index contributed by atoms with van der Waals surface area (Å²) in [5.74, 6) is 0.752. The molecule has 0 bridgehead atoms. The predicted molar refractivity (Wildman–Crippen MR) is 390 cm³/mol. The Balaban J connectivity index is 0.00000126. The van der Waals surface area contributed by atoms with Gasteiger partial charge in [-0.3, -0.25) is 14.4 Å². The predicted octanol–water partition coefficient (Wildman–Crippen LogP) is 11.2. The van der Waals surface area contributed by atoms with Gasteiger partial charge in [-0.15, -0.1) is 0 Å². The van der Waals surface area contributed by atoms with Crippen molar-refractivity contribution in [2.75, 3.05) is 131 Å². The first-order chi connectivity index (χ1) is 39.1. The summed E-state index contributed by atoms with van der Waals surface area (Å²) in [7, 11) is 31.5. The fourth-order valence-electron chi connectivity index (χ4n) is 9.86. The lowest BCUT2D eigenvalue weighted by Gasteiger charge is -2.24. The molecule has 0 saturated carbocycles. The molecule has 0 N–H and O–H groups in total. The first kappa shape index (κ1) is 82.3. The number of carbonyl (C=O) groups is 3. The zero-order chi connectivity index (χ0) is 61.5. The molecule has 0 aromatic heterocycles. The fraction of sp³-hybridized carbons (Fsp3) is 0.466. The van der Waals surface area contributed by atoms with Crippen LogP contribution in [-0.4, -0.2) is 188 Å². The van der Waals surface area contributed by atoms with Gasteiger partial charge in [-0.2, -0.15) is 0 Å². The van der Waals surface area contributed by atoms with Crippen LogP contribution in [-0.2, 0) is 66.7 Å². The van der Waals surface area contributed by atoms with E-state index in [1.165, 1.54) is 76.3 Å². The normalized spacial score (nSPS) is 11.2. The summed E-state index contributed by atoms with van der Waals surface area (Å²) in [6.45, 7) is 12.4. The smallest absolute Gasteiger partial charge is 0.134 e. The molecule has 87 heavy (non-hydrogen) atoms. The van der Waals surface area contributed by atoms with E-state index in [4.69, 9.17) is 0 Å². The van der Waals surface area contributed by atoms with E-state index >= 15 is 0 Å². The topological polar surface area (TPSA) is 77.1 Å². The number of Topliss-reactive ketones (excluding diaryl/α,β-unsaturated/α-hetero) is 3. The molecule has 0 atom stereocenters. The molecule has 6 aromatic rings. The van der Waals surface area contributed by atoms with Gasteiger partial charge in [0.1, 0.15) is 17.3 Å². The monoisotopic (exact) mass is 1250 g/mol. The van der Waals surface area contributed by atoms with Crippen LogP contribution in [0, 0.1) is 0 Å². The molecule has 0 aliphatic rings. The van der Waals surface area contributed by atoms with Crippen molar-refractivity contribution in [1.29, 1.82) is 0 Å². The summed E-state index contributed by atoms with van der Waals surface area (Å²) in [5.41, 5.74) is 10.6. The molecule has 0 heterocycles. The minimum atomic E-state index is -0.752. The summed E-state index contributed by atoms with van der Waals surface area (Å²) >= 11 is 0. The van der Waals surface area contributed by atoms with Crippen molar-refractivity contribution in [3.63, 3.8) is 0 Å². The van der Waals surface area contributed by atoms with Crippen LogP contribution in [0.2, 0.25) is 0 Å². The van der Waals surface area contributed by atoms with Crippen LogP contribution in [0.1, 0.15) is 95.0 Å². The third-order valence-electron chi connectivity index (χ3n) is 13.0. The second-order valence-corrected chi connectivity index (χ2v) is 31.0. The average Bonchev–Trinajstić information content (AvgIpc) is 1.65. The maximum Gasteiger partial charge on any atom is 0.134 e. The van der Waals surface area contributed by atoms with Crippen molar-refractivity contribution < 1.29 is 14.4 Å². The van der Waals surface area contributed by atoms with Crippen molar-refractivity contribution in [3.8, 4) is 0 Å². The van der Waals surface area contributed by atoms with Crippen molar-refractivity contribution in [2.24, 2.45) is 0 Å². The Kier molecular flexibility index (Phi) is 39.3. The number of benzene rings is 6. The number of carbonyl (C=O) groups excluding carboxylic acids is 3. The van der Waals surface area contributed by atoms with Crippen LogP contribution in [0.3, 0.4) is 0 Å². The minimum absolute atomic E-state index is 0. The highest BCUT2D eigenvalue weighted by atomic mass is 31.1. The SMILES string of the molecule is C.C.C.C.CC(=O)CP(c1ccc(CN(C)C)c(CN(C)C)c1)c1ccc(CN(C)C)c(CN(C)C)c1.CC(=O)CP(c1ccc(CN(C)C)cc1)c1ccc(CN(C)C)cc1.CC(=O)CP(c1cccc(CN(C)C)c1)c1cccc(CN(C)C)c1. The Morgan fingerprint density at radius 1 is 0.264 bits per heavy atom. The molecular formula is C73H117N8O3P3. The molecular weight excluding hydrogens is 1130 g/mol. The Labute approximate surface area is 535 Å². The molecule has 0 unspecified atom stereocenters. The van der Waals surface area contributed by atoms with E-state index in [0.29, 0.717) is 18.5 Å². The maximum atomic E-state index is 12.3. The molecule has 0 amide bonds. The molecule has 0 spiro atoms. The van der Waals surface area contributed by atoms with Crippen molar-refractivity contribution in [1.82, 2.24) is 39.2 Å². The Morgan fingerprint density at radius 3 is 0.759 bits per heavy atom. The highest BCUT2D eigenvalue weighted by Gasteiger charge is 2.22. The molecule has 11 nitrogen and oxygen atoms in total. The lowest BCUT2D eigenvalue weighted by atomic mass is 10.1. The van der Waals surface area contributed by atoms with Crippen LogP contribution < -0.4 is 31.8 Å². The summed E-state index contributed by atoms with van der Waals surface area (Å²) in [6, 6.07) is 48.7. The summed E-state index contributed by atoms with van der Waals surface area (Å²) in [6.07, 6.45) is 1.79. The van der Waals surface area contributed by atoms with Crippen LogP contribution in [0.25, 0.3) is 0 Å². The zero-order valence-corrected chi connectivity index (χ0v) is 56.8. The van der Waals surface area contributed by atoms with E-state index in [-0.39, 0.29) is 47.1 Å². The third-order valence-corrected chi connectivity index (χ3v) is 20.8. The van der Waals surface area contributed by atoms with Crippen LogP contribution >= 0.6 is 23.8 Å². The molecule has 6 rings (SSSR count). The molecule has 0 radical (unpaired) electrons. The molecule has 482 valence electrons. The fourth-order valence-corrected chi connectivity index (χ4v) is 16.5. The van der Waals surface area contributed by atoms with Gasteiger partial charge >= 0.3 is 0 Å². The second-order valence-electron chi connectivity index (χ2n) is 24.3. The maximum absolute atomic E-state index is 12.3. The van der Waals surface area contributed by atoms with E-state index in [0.717, 1.165) is 52.4 Å². The molecule has 6 aromatic carbocycles. The number of nitrogens with zero attached hydrogens (tertiary/aromatic N) is 8. The molecule has 14 heteroatoms. The first-order valence-corrected chi connectivity index (χ1v) is 33.3. The van der Waals surface area contributed by atoms with Gasteiger partial charge in [0, 0.05) is 70.8 Å². The van der Waals surface area contributed by atoms with Crippen molar-refractivity contribution in [3.05, 3.63) is 178 Å². The molecule has 0 saturated heterocycles. The number of hydrogen-bond acceptors (Lipinski definition) is 11. The van der Waals surface area contributed by atoms with Gasteiger partial charge in [0.25, 0.3) is 0 Å². The van der Waals surface area contributed by atoms with Gasteiger partial charge in [-0.05, 0) is 258 Å². The number of rotatable bonds is 28. The average molecular weight is 1250 g/mol. The Hall–Kier alpha value is -4.70. The van der Waals surface area contributed by atoms with Gasteiger partial charge in [0.05, 0.1) is 0 Å². The van der Waals surface area contributed by atoms with E-state index in [2.05, 4.69) is 285 Å². The molecule has 0 aliphatic carbocycles. The molecule has 0 fully saturated rings. The third kappa shape index (κ3) is 30.6. The Morgan fingerprint density at radius 2 is 0.494 bits per heavy atom. The highest BCUT2D eigenvalue weighted by Crippen LogP contribution is 2.37. The van der Waals surface area contributed by atoms with Crippen molar-refractivity contribution in [2.45, 2.75) is 103 Å². The van der Waals surface area contributed by atoms with Gasteiger partial charge in [-0.1, -0.05) is 139 Å². The largest absolute Gasteiger partial charge is 0.305 e. The summed E-state index contributed by atoms with van der Waals surface area (Å²) in [4.78, 5) is 53.6. The molecule has 0 aliphatic heterocycles. The van der Waals surface area contributed by atoms with Crippen LogP contribution in [0.5, 0.6) is 0 Å². The van der Waals surface area contributed by atoms with Crippen LogP contribution in [0.4, 0.5) is 0 Å². The minimum Gasteiger partial charge on any atom is -0.305 e. The lowest BCUT2D eigenvalue weighted by Crippen LogP contribution is -2.23. The van der Waals surface area contributed by atoms with Gasteiger partial charge in [-0.25, -0.2) is 0 Å². The van der Waals surface area contributed by atoms with Gasteiger partial charge < -0.3 is 39.2 Å². The van der Waals surface area contributed by atoms with Gasteiger partial charge in [0.15, 0.2) is 0 Å². The quantitative estimate of drug-likeness (QED) is 0.0441. The second kappa shape index (κ2) is 41.6. The summed E-state index contributed by atoms with van der Waals surface area (Å²) < 4.78 is 0. The number of ketones is 3. The van der Waals surface area contributed by atoms with E-state index in [9.17, 15) is 14.4 Å². The standard InChI is InChI=1S/C27H43N4OP.2C21H29N2OP.4CH4/c1-21(32)20-33(26-12-10-22(16-28(2)3)24(14-26)18-30(6)7)27-13-11-23(17-29(4)5)25(15-27)19-31(8)9;1-17(24)16-25(20-10-6-18(7-11-20)14-22(2)3)21-12-8-19(9-13-21)15-23(4)5;1-17(24)16-25(20-10-6-8-18(12-20)14-22(2)3)21-11-7-9-19(13-21)15-23(4)5;;;;/h10-15H,16-20H2,1-9H3;2*6-13H,14-16H2,1-5H3;4*1H4. The van der Waals surface area contributed by atoms with Crippen LogP contribution in [0.15, 0.2) is 133 Å². The van der Waals surface area contributed by atoms with Crippen molar-refractivity contribution >= 4 is 72.9 Å². The number of hydrogen-bond donors (Lipinski definition) is 0. The van der Waals surface area contributed by atoms with E-state index in [1.807, 2.05) is 0 Å². The van der Waals surface area contributed by atoms with E-state index in [1.54, 1.807) is 20.8 Å². The van der Waals surface area contributed by atoms with E-state index < -0.39 is 23.8 Å². The highest BCUT2D eigenvalue weighted by molar-refractivity contribution is 7.74. The zero-order valence-electron chi connectivity index (χ0n) is 54.1. The van der Waals surface area contributed by atoms with Gasteiger partial charge in [0.2, 0.25) is 0 Å². The first-order valence-electron chi connectivity index (χ1n) is 28.7. The Bertz CT molecular complexity index is 2770. The summed E-state index contributed by atoms with van der Waals surface area (Å²) in [5, 5.41) is 7.69.